The number of allylic oxidation sites excluding steroid dienone is 4. The SMILES string of the molecule is CCC1CC2(CCOO2)CC1C1=CC(C)CC=C1. The van der Waals surface area contributed by atoms with Crippen LogP contribution in [0, 0.1) is 17.8 Å². The normalized spacial score (nSPS) is 43.7. The second-order valence-electron chi connectivity index (χ2n) is 6.30. The fraction of sp³-hybridized carbons (Fsp3) is 0.750. The summed E-state index contributed by atoms with van der Waals surface area (Å²) in [4.78, 5) is 10.8. The third-order valence-corrected chi connectivity index (χ3v) is 4.92. The van der Waals surface area contributed by atoms with E-state index < -0.39 is 0 Å². The van der Waals surface area contributed by atoms with Crippen molar-refractivity contribution >= 4 is 0 Å². The highest BCUT2D eigenvalue weighted by Gasteiger charge is 2.49. The van der Waals surface area contributed by atoms with E-state index in [2.05, 4.69) is 32.1 Å². The van der Waals surface area contributed by atoms with Crippen LogP contribution in [0.5, 0.6) is 0 Å². The molecule has 2 aliphatic carbocycles. The molecule has 1 saturated carbocycles. The summed E-state index contributed by atoms with van der Waals surface area (Å²) >= 11 is 0. The van der Waals surface area contributed by atoms with Crippen molar-refractivity contribution in [2.75, 3.05) is 6.61 Å². The van der Waals surface area contributed by atoms with Crippen LogP contribution in [0.4, 0.5) is 0 Å². The summed E-state index contributed by atoms with van der Waals surface area (Å²) in [5.41, 5.74) is 1.58. The fourth-order valence-corrected chi connectivity index (χ4v) is 3.92. The lowest BCUT2D eigenvalue weighted by Gasteiger charge is -2.23. The summed E-state index contributed by atoms with van der Waals surface area (Å²) in [6.07, 6.45) is 13.0. The van der Waals surface area contributed by atoms with E-state index >= 15 is 0 Å². The molecular formula is C16H24O2. The first kappa shape index (κ1) is 12.4. The van der Waals surface area contributed by atoms with Gasteiger partial charge in [-0.05, 0) is 42.6 Å². The lowest BCUT2D eigenvalue weighted by molar-refractivity contribution is -0.308. The van der Waals surface area contributed by atoms with Gasteiger partial charge in [-0.25, -0.2) is 9.78 Å². The Bertz CT molecular complexity index is 363. The van der Waals surface area contributed by atoms with Gasteiger partial charge >= 0.3 is 0 Å². The third-order valence-electron chi connectivity index (χ3n) is 4.92. The van der Waals surface area contributed by atoms with E-state index in [0.717, 1.165) is 25.4 Å². The van der Waals surface area contributed by atoms with Crippen LogP contribution in [0.15, 0.2) is 23.8 Å². The summed E-state index contributed by atoms with van der Waals surface area (Å²) in [5, 5.41) is 0. The van der Waals surface area contributed by atoms with Gasteiger partial charge in [0.15, 0.2) is 0 Å². The van der Waals surface area contributed by atoms with Crippen molar-refractivity contribution in [2.45, 2.75) is 51.6 Å². The Kier molecular flexibility index (Phi) is 3.33. The highest BCUT2D eigenvalue weighted by atomic mass is 17.2. The molecule has 2 fully saturated rings. The van der Waals surface area contributed by atoms with Crippen molar-refractivity contribution in [3.63, 3.8) is 0 Å². The highest BCUT2D eigenvalue weighted by Crippen LogP contribution is 2.50. The van der Waals surface area contributed by atoms with E-state index in [1.807, 2.05) is 0 Å². The van der Waals surface area contributed by atoms with Gasteiger partial charge in [0.25, 0.3) is 0 Å². The predicted molar refractivity (Wildman–Crippen MR) is 71.9 cm³/mol. The minimum absolute atomic E-state index is 0.0285. The maximum atomic E-state index is 5.63. The molecule has 1 saturated heterocycles. The van der Waals surface area contributed by atoms with Crippen molar-refractivity contribution in [3.05, 3.63) is 23.8 Å². The first-order valence-corrected chi connectivity index (χ1v) is 7.41. The average Bonchev–Trinajstić information content (AvgIpc) is 2.97. The third kappa shape index (κ3) is 2.17. The van der Waals surface area contributed by atoms with Gasteiger partial charge in [0.2, 0.25) is 0 Å². The van der Waals surface area contributed by atoms with Crippen molar-refractivity contribution in [3.8, 4) is 0 Å². The zero-order chi connectivity index (χ0) is 12.6. The topological polar surface area (TPSA) is 18.5 Å². The van der Waals surface area contributed by atoms with Crippen LogP contribution in [0.3, 0.4) is 0 Å². The summed E-state index contributed by atoms with van der Waals surface area (Å²) in [6.45, 7) is 5.39. The van der Waals surface area contributed by atoms with Crippen molar-refractivity contribution < 1.29 is 9.78 Å². The van der Waals surface area contributed by atoms with E-state index in [9.17, 15) is 0 Å². The van der Waals surface area contributed by atoms with Crippen LogP contribution in [0.1, 0.15) is 46.0 Å². The smallest absolute Gasteiger partial charge is 0.107 e. The maximum Gasteiger partial charge on any atom is 0.107 e. The Morgan fingerprint density at radius 2 is 2.28 bits per heavy atom. The van der Waals surface area contributed by atoms with Crippen LogP contribution >= 0.6 is 0 Å². The van der Waals surface area contributed by atoms with Crippen LogP contribution in [-0.2, 0) is 9.78 Å². The molecule has 0 N–H and O–H groups in total. The zero-order valence-electron chi connectivity index (χ0n) is 11.5. The van der Waals surface area contributed by atoms with Crippen molar-refractivity contribution in [1.29, 1.82) is 0 Å². The van der Waals surface area contributed by atoms with Gasteiger partial charge in [0.05, 0.1) is 6.61 Å². The van der Waals surface area contributed by atoms with Crippen molar-refractivity contribution in [1.82, 2.24) is 0 Å². The van der Waals surface area contributed by atoms with Gasteiger partial charge in [-0.15, -0.1) is 0 Å². The molecule has 0 radical (unpaired) electrons. The Balaban J connectivity index is 1.80. The molecule has 0 aromatic heterocycles. The van der Waals surface area contributed by atoms with E-state index in [-0.39, 0.29) is 5.60 Å². The molecule has 2 heteroatoms. The average molecular weight is 248 g/mol. The molecule has 3 rings (SSSR count). The molecule has 4 unspecified atom stereocenters. The largest absolute Gasteiger partial charge is 0.236 e. The number of hydrogen-bond acceptors (Lipinski definition) is 2. The second-order valence-corrected chi connectivity index (χ2v) is 6.30. The van der Waals surface area contributed by atoms with Gasteiger partial charge in [-0.1, -0.05) is 38.5 Å². The molecule has 100 valence electrons. The zero-order valence-corrected chi connectivity index (χ0v) is 11.5. The van der Waals surface area contributed by atoms with Crippen LogP contribution in [0.25, 0.3) is 0 Å². The molecule has 0 aromatic carbocycles. The van der Waals surface area contributed by atoms with E-state index in [1.165, 1.54) is 19.3 Å². The van der Waals surface area contributed by atoms with Gasteiger partial charge < -0.3 is 0 Å². The van der Waals surface area contributed by atoms with Crippen LogP contribution in [0.2, 0.25) is 0 Å². The molecule has 0 aromatic rings. The van der Waals surface area contributed by atoms with E-state index in [0.29, 0.717) is 11.8 Å². The van der Waals surface area contributed by atoms with Gasteiger partial charge in [-0.2, -0.15) is 0 Å². The quantitative estimate of drug-likeness (QED) is 0.687. The Morgan fingerprint density at radius 1 is 1.39 bits per heavy atom. The van der Waals surface area contributed by atoms with Gasteiger partial charge in [0, 0.05) is 6.42 Å². The van der Waals surface area contributed by atoms with Crippen molar-refractivity contribution in [2.24, 2.45) is 17.8 Å². The molecule has 3 aliphatic rings. The molecule has 1 heterocycles. The number of rotatable bonds is 2. The molecule has 0 amide bonds. The summed E-state index contributed by atoms with van der Waals surface area (Å²) < 4.78 is 0. The lowest BCUT2D eigenvalue weighted by atomic mass is 9.82. The highest BCUT2D eigenvalue weighted by molar-refractivity contribution is 5.29. The lowest BCUT2D eigenvalue weighted by Crippen LogP contribution is -2.23. The molecule has 18 heavy (non-hydrogen) atoms. The molecule has 0 bridgehead atoms. The summed E-state index contributed by atoms with van der Waals surface area (Å²) in [6, 6.07) is 0. The number of hydrogen-bond donors (Lipinski definition) is 0. The molecule has 1 aliphatic heterocycles. The summed E-state index contributed by atoms with van der Waals surface area (Å²) in [7, 11) is 0. The molecule has 4 atom stereocenters. The Morgan fingerprint density at radius 3 is 2.94 bits per heavy atom. The Labute approximate surface area is 110 Å². The fourth-order valence-electron chi connectivity index (χ4n) is 3.92. The second kappa shape index (κ2) is 4.82. The molecular weight excluding hydrogens is 224 g/mol. The summed E-state index contributed by atoms with van der Waals surface area (Å²) in [5.74, 6) is 2.13. The minimum atomic E-state index is 0.0285. The Hall–Kier alpha value is -0.600. The monoisotopic (exact) mass is 248 g/mol. The first-order chi connectivity index (χ1) is 8.72. The molecule has 2 nitrogen and oxygen atoms in total. The maximum absolute atomic E-state index is 5.63. The first-order valence-electron chi connectivity index (χ1n) is 7.41. The van der Waals surface area contributed by atoms with E-state index in [1.54, 1.807) is 5.57 Å². The van der Waals surface area contributed by atoms with Crippen LogP contribution in [-0.4, -0.2) is 12.2 Å². The minimum Gasteiger partial charge on any atom is -0.236 e. The predicted octanol–water partition coefficient (Wildman–Crippen LogP) is 4.04. The van der Waals surface area contributed by atoms with E-state index in [4.69, 9.17) is 9.78 Å². The molecule has 1 spiro atoms. The standard InChI is InChI=1S/C16H24O2/c1-3-13-10-16(7-8-17-18-16)11-15(13)14-6-4-5-12(2)9-14/h4,6,9,12-13,15H,3,5,7-8,10-11H2,1-2H3. The van der Waals surface area contributed by atoms with Crippen LogP contribution < -0.4 is 0 Å². The van der Waals surface area contributed by atoms with Gasteiger partial charge in [0.1, 0.15) is 5.60 Å². The van der Waals surface area contributed by atoms with Gasteiger partial charge in [-0.3, -0.25) is 0 Å².